The highest BCUT2D eigenvalue weighted by molar-refractivity contribution is 6.30. The van der Waals surface area contributed by atoms with E-state index in [1.54, 1.807) is 6.20 Å². The number of aromatic nitrogens is 1. The highest BCUT2D eigenvalue weighted by Crippen LogP contribution is 2.23. The largest absolute Gasteiger partial charge is 0.439 e. The predicted molar refractivity (Wildman–Crippen MR) is 96.0 cm³/mol. The molecule has 0 radical (unpaired) electrons. The van der Waals surface area contributed by atoms with Crippen LogP contribution in [0.1, 0.15) is 32.6 Å². The van der Waals surface area contributed by atoms with E-state index in [-0.39, 0.29) is 0 Å². The molecule has 130 valence electrons. The molecule has 2 heterocycles. The molecule has 3 rings (SSSR count). The van der Waals surface area contributed by atoms with E-state index in [1.165, 1.54) is 0 Å². The molecule has 0 saturated carbocycles. The lowest BCUT2D eigenvalue weighted by atomic mass is 10.1. The Morgan fingerprint density at radius 1 is 1.25 bits per heavy atom. The molecule has 5 heteroatoms. The summed E-state index contributed by atoms with van der Waals surface area (Å²) in [4.78, 5) is 6.80. The van der Waals surface area contributed by atoms with Crippen molar-refractivity contribution in [2.75, 3.05) is 19.7 Å². The average molecular weight is 349 g/mol. The van der Waals surface area contributed by atoms with Crippen LogP contribution in [0.4, 0.5) is 0 Å². The van der Waals surface area contributed by atoms with Crippen molar-refractivity contribution < 1.29 is 9.15 Å². The predicted octanol–water partition coefficient (Wildman–Crippen LogP) is 4.63. The van der Waals surface area contributed by atoms with Crippen molar-refractivity contribution in [3.63, 3.8) is 0 Å². The minimum atomic E-state index is 0.401. The molecule has 0 N–H and O–H groups in total. The first kappa shape index (κ1) is 17.5. The topological polar surface area (TPSA) is 38.5 Å². The van der Waals surface area contributed by atoms with Crippen molar-refractivity contribution >= 4 is 11.6 Å². The molecule has 1 aromatic carbocycles. The summed E-state index contributed by atoms with van der Waals surface area (Å²) in [7, 11) is 0. The number of ether oxygens (including phenoxy) is 1. The van der Waals surface area contributed by atoms with Crippen LogP contribution in [0.15, 0.2) is 34.9 Å². The van der Waals surface area contributed by atoms with Gasteiger partial charge in [0.05, 0.1) is 18.8 Å². The molecule has 0 amide bonds. The second kappa shape index (κ2) is 8.15. The van der Waals surface area contributed by atoms with Crippen LogP contribution in [-0.2, 0) is 11.3 Å². The molecular formula is C19H25ClN2O2. The molecule has 24 heavy (non-hydrogen) atoms. The van der Waals surface area contributed by atoms with Gasteiger partial charge in [-0.1, -0.05) is 25.4 Å². The second-order valence-electron chi connectivity index (χ2n) is 6.83. The zero-order valence-corrected chi connectivity index (χ0v) is 15.1. The van der Waals surface area contributed by atoms with E-state index < -0.39 is 0 Å². The van der Waals surface area contributed by atoms with Crippen molar-refractivity contribution in [3.8, 4) is 11.3 Å². The van der Waals surface area contributed by atoms with Crippen molar-refractivity contribution in [3.05, 3.63) is 41.4 Å². The van der Waals surface area contributed by atoms with Gasteiger partial charge in [0.1, 0.15) is 0 Å². The highest BCUT2D eigenvalue weighted by atomic mass is 35.5. The maximum Gasteiger partial charge on any atom is 0.209 e. The fourth-order valence-corrected chi connectivity index (χ4v) is 3.01. The number of likely N-dealkylation sites (tertiary alicyclic amines) is 1. The molecule has 1 aromatic heterocycles. The monoisotopic (exact) mass is 348 g/mol. The third-order valence-corrected chi connectivity index (χ3v) is 4.49. The Morgan fingerprint density at radius 2 is 1.96 bits per heavy atom. The van der Waals surface area contributed by atoms with Gasteiger partial charge in [0.15, 0.2) is 5.76 Å². The quantitative estimate of drug-likeness (QED) is 0.762. The Balaban J connectivity index is 1.50. The van der Waals surface area contributed by atoms with Crippen LogP contribution < -0.4 is 0 Å². The molecule has 2 aromatic rings. The number of rotatable bonds is 6. The first-order valence-electron chi connectivity index (χ1n) is 8.65. The SMILES string of the molecule is CC(C)COC1CCN(Cc2ncc(-c3ccc(Cl)cc3)o2)CC1. The number of piperidine rings is 1. The van der Waals surface area contributed by atoms with Gasteiger partial charge in [0.2, 0.25) is 5.89 Å². The van der Waals surface area contributed by atoms with Crippen LogP contribution in [0.25, 0.3) is 11.3 Å². The van der Waals surface area contributed by atoms with Gasteiger partial charge >= 0.3 is 0 Å². The number of halogens is 1. The van der Waals surface area contributed by atoms with Crippen LogP contribution in [-0.4, -0.2) is 35.7 Å². The minimum absolute atomic E-state index is 0.401. The molecule has 1 saturated heterocycles. The van der Waals surface area contributed by atoms with Crippen LogP contribution in [0.3, 0.4) is 0 Å². The molecule has 4 nitrogen and oxygen atoms in total. The van der Waals surface area contributed by atoms with E-state index in [9.17, 15) is 0 Å². The van der Waals surface area contributed by atoms with E-state index in [0.717, 1.165) is 61.3 Å². The average Bonchev–Trinajstić information content (AvgIpc) is 3.03. The molecular weight excluding hydrogens is 324 g/mol. The van der Waals surface area contributed by atoms with E-state index in [0.29, 0.717) is 12.0 Å². The maximum absolute atomic E-state index is 5.94. The number of hydrogen-bond acceptors (Lipinski definition) is 4. The Hall–Kier alpha value is -1.36. The van der Waals surface area contributed by atoms with Gasteiger partial charge in [0.25, 0.3) is 0 Å². The summed E-state index contributed by atoms with van der Waals surface area (Å²) < 4.78 is 11.8. The Kier molecular flexibility index (Phi) is 5.93. The van der Waals surface area contributed by atoms with Crippen molar-refractivity contribution in [1.29, 1.82) is 0 Å². The summed E-state index contributed by atoms with van der Waals surface area (Å²) >= 11 is 5.92. The lowest BCUT2D eigenvalue weighted by Crippen LogP contribution is -2.37. The van der Waals surface area contributed by atoms with E-state index in [1.807, 2.05) is 24.3 Å². The summed E-state index contributed by atoms with van der Waals surface area (Å²) in [6.07, 6.45) is 4.35. The van der Waals surface area contributed by atoms with Crippen LogP contribution in [0.2, 0.25) is 5.02 Å². The van der Waals surface area contributed by atoms with Crippen LogP contribution >= 0.6 is 11.6 Å². The molecule has 1 aliphatic rings. The van der Waals surface area contributed by atoms with Crippen molar-refractivity contribution in [2.24, 2.45) is 5.92 Å². The van der Waals surface area contributed by atoms with Crippen molar-refractivity contribution in [1.82, 2.24) is 9.88 Å². The number of hydrogen-bond donors (Lipinski definition) is 0. The van der Waals surface area contributed by atoms with E-state index >= 15 is 0 Å². The number of benzene rings is 1. The smallest absolute Gasteiger partial charge is 0.209 e. The van der Waals surface area contributed by atoms with Gasteiger partial charge < -0.3 is 9.15 Å². The standard InChI is InChI=1S/C19H25ClN2O2/c1-14(2)13-23-17-7-9-22(10-8-17)12-19-21-11-18(24-19)15-3-5-16(20)6-4-15/h3-6,11,14,17H,7-10,12-13H2,1-2H3. The van der Waals surface area contributed by atoms with Crippen LogP contribution in [0.5, 0.6) is 0 Å². The zero-order valence-electron chi connectivity index (χ0n) is 14.4. The first-order valence-corrected chi connectivity index (χ1v) is 9.02. The Labute approximate surface area is 148 Å². The zero-order chi connectivity index (χ0) is 16.9. The van der Waals surface area contributed by atoms with Gasteiger partial charge in [-0.05, 0) is 43.0 Å². The summed E-state index contributed by atoms with van der Waals surface area (Å²) in [5.41, 5.74) is 0.999. The second-order valence-corrected chi connectivity index (χ2v) is 7.26. The summed E-state index contributed by atoms with van der Waals surface area (Å²) in [5, 5.41) is 0.723. The van der Waals surface area contributed by atoms with Crippen molar-refractivity contribution in [2.45, 2.75) is 39.3 Å². The molecule has 0 aliphatic carbocycles. The highest BCUT2D eigenvalue weighted by Gasteiger charge is 2.21. The third kappa shape index (κ3) is 4.82. The van der Waals surface area contributed by atoms with E-state index in [2.05, 4.69) is 23.7 Å². The minimum Gasteiger partial charge on any atom is -0.439 e. The van der Waals surface area contributed by atoms with Crippen LogP contribution in [0, 0.1) is 5.92 Å². The molecule has 1 aliphatic heterocycles. The fraction of sp³-hybridized carbons (Fsp3) is 0.526. The van der Waals surface area contributed by atoms with Gasteiger partial charge in [-0.25, -0.2) is 4.98 Å². The first-order chi connectivity index (χ1) is 11.6. The lowest BCUT2D eigenvalue weighted by Gasteiger charge is -2.31. The normalized spacial score (nSPS) is 16.8. The Morgan fingerprint density at radius 3 is 2.62 bits per heavy atom. The summed E-state index contributed by atoms with van der Waals surface area (Å²) in [5.74, 6) is 2.15. The van der Waals surface area contributed by atoms with Gasteiger partial charge in [-0.15, -0.1) is 0 Å². The van der Waals surface area contributed by atoms with Gasteiger partial charge in [-0.2, -0.15) is 0 Å². The number of oxazole rings is 1. The maximum atomic E-state index is 5.94. The Bertz CT molecular complexity index is 631. The summed E-state index contributed by atoms with van der Waals surface area (Å²) in [6, 6.07) is 7.62. The fourth-order valence-electron chi connectivity index (χ4n) is 2.88. The lowest BCUT2D eigenvalue weighted by molar-refractivity contribution is -0.00707. The summed E-state index contributed by atoms with van der Waals surface area (Å²) in [6.45, 7) is 8.05. The molecule has 0 unspecified atom stereocenters. The van der Waals surface area contributed by atoms with E-state index in [4.69, 9.17) is 20.8 Å². The molecule has 1 fully saturated rings. The molecule has 0 spiro atoms. The molecule has 0 bridgehead atoms. The van der Waals surface area contributed by atoms with Gasteiger partial charge in [0, 0.05) is 30.3 Å². The number of nitrogens with zero attached hydrogens (tertiary/aromatic N) is 2. The molecule has 0 atom stereocenters. The van der Waals surface area contributed by atoms with Gasteiger partial charge in [-0.3, -0.25) is 4.90 Å². The third-order valence-electron chi connectivity index (χ3n) is 4.24.